The Hall–Kier alpha value is -3.81. The number of esters is 1. The normalized spacial score (nSPS) is 14.0. The van der Waals surface area contributed by atoms with Crippen LogP contribution in [-0.2, 0) is 20.9 Å². The van der Waals surface area contributed by atoms with Crippen molar-refractivity contribution < 1.29 is 23.5 Å². The van der Waals surface area contributed by atoms with Crippen LogP contribution in [-0.4, -0.2) is 35.0 Å². The van der Waals surface area contributed by atoms with Crippen molar-refractivity contribution in [2.24, 2.45) is 0 Å². The number of hydrogen-bond donors (Lipinski definition) is 1. The van der Waals surface area contributed by atoms with Crippen LogP contribution in [0.2, 0.25) is 0 Å². The lowest BCUT2D eigenvalue weighted by atomic mass is 10.1. The van der Waals surface area contributed by atoms with E-state index in [0.717, 1.165) is 17.1 Å². The molecule has 31 heavy (non-hydrogen) atoms. The van der Waals surface area contributed by atoms with Crippen LogP contribution >= 0.6 is 0 Å². The van der Waals surface area contributed by atoms with E-state index >= 15 is 0 Å². The minimum Gasteiger partial charge on any atom is -0.467 e. The lowest BCUT2D eigenvalue weighted by molar-refractivity contribution is -0.128. The van der Waals surface area contributed by atoms with Crippen LogP contribution in [0.4, 0.5) is 11.4 Å². The first-order valence-electron chi connectivity index (χ1n) is 9.95. The van der Waals surface area contributed by atoms with Crippen LogP contribution in [0.25, 0.3) is 0 Å². The Labute approximate surface area is 179 Å². The van der Waals surface area contributed by atoms with Gasteiger partial charge >= 0.3 is 5.97 Å². The molecule has 0 unspecified atom stereocenters. The molecule has 8 heteroatoms. The molecule has 0 aliphatic carbocycles. The summed E-state index contributed by atoms with van der Waals surface area (Å²) >= 11 is 0. The molecule has 0 saturated carbocycles. The number of ether oxygens (including phenoxy) is 1. The lowest BCUT2D eigenvalue weighted by Gasteiger charge is -2.30. The number of fused-ring (bicyclic) bond motifs is 1. The Kier molecular flexibility index (Phi) is 5.37. The minimum absolute atomic E-state index is 0.130. The number of carbonyl (C=O) groups excluding carboxylic acids is 3. The predicted molar refractivity (Wildman–Crippen MR) is 114 cm³/mol. The van der Waals surface area contributed by atoms with Gasteiger partial charge in [-0.2, -0.15) is 0 Å². The number of aromatic nitrogens is 1. The van der Waals surface area contributed by atoms with Gasteiger partial charge in [0.15, 0.2) is 6.10 Å². The second-order valence-electron chi connectivity index (χ2n) is 7.49. The van der Waals surface area contributed by atoms with E-state index in [1.165, 1.54) is 11.8 Å². The number of para-hydroxylation sites is 2. The van der Waals surface area contributed by atoms with Gasteiger partial charge in [-0.25, -0.2) is 4.79 Å². The van der Waals surface area contributed by atoms with E-state index in [1.54, 1.807) is 36.6 Å². The van der Waals surface area contributed by atoms with E-state index in [0.29, 0.717) is 23.5 Å². The van der Waals surface area contributed by atoms with Gasteiger partial charge in [0.2, 0.25) is 5.91 Å². The number of carbonyl (C=O) groups is 3. The third-order valence-electron chi connectivity index (χ3n) is 5.36. The van der Waals surface area contributed by atoms with Crippen LogP contribution in [0.5, 0.6) is 0 Å². The quantitative estimate of drug-likeness (QED) is 0.638. The molecule has 0 saturated heterocycles. The fraction of sp³-hybridized carbons (Fsp3) is 0.261. The van der Waals surface area contributed by atoms with Gasteiger partial charge in [0.1, 0.15) is 12.3 Å². The zero-order chi connectivity index (χ0) is 22.1. The topological polar surface area (TPSA) is 93.8 Å². The van der Waals surface area contributed by atoms with E-state index in [-0.39, 0.29) is 12.5 Å². The van der Waals surface area contributed by atoms with Crippen molar-refractivity contribution in [1.29, 1.82) is 0 Å². The molecule has 2 amide bonds. The third-order valence-corrected chi connectivity index (χ3v) is 5.36. The zero-order valence-corrected chi connectivity index (χ0v) is 17.5. The van der Waals surface area contributed by atoms with E-state index in [1.807, 2.05) is 30.5 Å². The summed E-state index contributed by atoms with van der Waals surface area (Å²) in [6, 6.07) is 12.4. The Morgan fingerprint density at radius 1 is 1.19 bits per heavy atom. The molecule has 2 aromatic heterocycles. The summed E-state index contributed by atoms with van der Waals surface area (Å²) in [7, 11) is 0. The van der Waals surface area contributed by atoms with Gasteiger partial charge in [-0.15, -0.1) is 0 Å². The van der Waals surface area contributed by atoms with E-state index < -0.39 is 18.0 Å². The number of aryl methyl sites for hydroxylation is 1. The van der Waals surface area contributed by atoms with Gasteiger partial charge in [-0.3, -0.25) is 14.5 Å². The Morgan fingerprint density at radius 2 is 1.97 bits per heavy atom. The van der Waals surface area contributed by atoms with Gasteiger partial charge in [-0.05, 0) is 51.1 Å². The van der Waals surface area contributed by atoms with Crippen molar-refractivity contribution in [3.63, 3.8) is 0 Å². The maximum Gasteiger partial charge on any atom is 0.340 e. The average Bonchev–Trinajstić information content (AvgIpc) is 3.36. The molecule has 1 aliphatic rings. The number of nitrogens with zero attached hydrogens (tertiary/aromatic N) is 2. The molecule has 0 spiro atoms. The van der Waals surface area contributed by atoms with Crippen LogP contribution in [0.3, 0.4) is 0 Å². The van der Waals surface area contributed by atoms with Crippen molar-refractivity contribution in [1.82, 2.24) is 4.57 Å². The summed E-state index contributed by atoms with van der Waals surface area (Å²) in [6.07, 6.45) is 0.546. The molecule has 1 atom stereocenters. The first-order chi connectivity index (χ1) is 14.8. The van der Waals surface area contributed by atoms with Gasteiger partial charge in [0.25, 0.3) is 5.91 Å². The standard InChI is InChI=1S/C23H23N3O5/c1-14-11-18(15(2)25(14)12-17-7-6-10-30-17)23(29)31-16(3)22(28)26-13-21(27)24-19-8-4-5-9-20(19)26/h4-11,16H,12-13H2,1-3H3,(H,24,27)/t16-/m0/s1. The van der Waals surface area contributed by atoms with E-state index in [2.05, 4.69) is 5.32 Å². The van der Waals surface area contributed by atoms with Crippen LogP contribution < -0.4 is 10.2 Å². The fourth-order valence-corrected chi connectivity index (χ4v) is 3.73. The second-order valence-corrected chi connectivity index (χ2v) is 7.49. The van der Waals surface area contributed by atoms with Crippen molar-refractivity contribution in [3.8, 4) is 0 Å². The molecule has 0 fully saturated rings. The first-order valence-corrected chi connectivity index (χ1v) is 9.95. The maximum atomic E-state index is 13.0. The van der Waals surface area contributed by atoms with Crippen molar-refractivity contribution >= 4 is 29.2 Å². The largest absolute Gasteiger partial charge is 0.467 e. The monoisotopic (exact) mass is 421 g/mol. The molecular weight excluding hydrogens is 398 g/mol. The highest BCUT2D eigenvalue weighted by molar-refractivity contribution is 6.11. The summed E-state index contributed by atoms with van der Waals surface area (Å²) in [5.41, 5.74) is 3.11. The Bertz CT molecular complexity index is 1150. The molecule has 1 aromatic carbocycles. The van der Waals surface area contributed by atoms with Crippen molar-refractivity contribution in [2.45, 2.75) is 33.4 Å². The number of amides is 2. The molecule has 1 aliphatic heterocycles. The maximum absolute atomic E-state index is 13.0. The molecule has 8 nitrogen and oxygen atoms in total. The van der Waals surface area contributed by atoms with Crippen LogP contribution in [0.1, 0.15) is 34.4 Å². The predicted octanol–water partition coefficient (Wildman–Crippen LogP) is 3.28. The Morgan fingerprint density at radius 3 is 2.71 bits per heavy atom. The molecule has 3 aromatic rings. The molecule has 1 N–H and O–H groups in total. The number of rotatable bonds is 5. The average molecular weight is 421 g/mol. The van der Waals surface area contributed by atoms with E-state index in [4.69, 9.17) is 9.15 Å². The molecule has 0 radical (unpaired) electrons. The van der Waals surface area contributed by atoms with Crippen molar-refractivity contribution in [3.05, 3.63) is 71.4 Å². The highest BCUT2D eigenvalue weighted by Gasteiger charge is 2.32. The highest BCUT2D eigenvalue weighted by Crippen LogP contribution is 2.29. The summed E-state index contributed by atoms with van der Waals surface area (Å²) < 4.78 is 12.8. The summed E-state index contributed by atoms with van der Waals surface area (Å²) in [5.74, 6) is -0.575. The van der Waals surface area contributed by atoms with Gasteiger partial charge in [0.05, 0.1) is 29.7 Å². The van der Waals surface area contributed by atoms with Gasteiger partial charge in [0, 0.05) is 11.4 Å². The van der Waals surface area contributed by atoms with Gasteiger partial charge < -0.3 is 19.0 Å². The fourth-order valence-electron chi connectivity index (χ4n) is 3.73. The number of hydrogen-bond acceptors (Lipinski definition) is 5. The molecular formula is C23H23N3O5. The molecule has 3 heterocycles. The second kappa shape index (κ2) is 8.14. The van der Waals surface area contributed by atoms with Gasteiger partial charge in [-0.1, -0.05) is 12.1 Å². The zero-order valence-electron chi connectivity index (χ0n) is 17.5. The summed E-state index contributed by atoms with van der Waals surface area (Å²) in [5, 5.41) is 2.73. The minimum atomic E-state index is -1.06. The number of furan rings is 1. The number of benzene rings is 1. The van der Waals surface area contributed by atoms with Crippen LogP contribution in [0.15, 0.2) is 53.1 Å². The number of anilines is 2. The lowest BCUT2D eigenvalue weighted by Crippen LogP contribution is -2.47. The van der Waals surface area contributed by atoms with Crippen LogP contribution in [0, 0.1) is 13.8 Å². The highest BCUT2D eigenvalue weighted by atomic mass is 16.5. The SMILES string of the molecule is Cc1cc(C(=O)O[C@@H](C)C(=O)N2CC(=O)Nc3ccccc32)c(C)n1Cc1ccco1. The van der Waals surface area contributed by atoms with E-state index in [9.17, 15) is 14.4 Å². The summed E-state index contributed by atoms with van der Waals surface area (Å²) in [4.78, 5) is 39.2. The summed E-state index contributed by atoms with van der Waals surface area (Å²) in [6.45, 7) is 5.59. The molecule has 160 valence electrons. The molecule has 4 rings (SSSR count). The third kappa shape index (κ3) is 3.96. The number of nitrogens with one attached hydrogen (secondary N) is 1. The molecule has 0 bridgehead atoms. The van der Waals surface area contributed by atoms with Crippen molar-refractivity contribution in [2.75, 3.05) is 16.8 Å². The Balaban J connectivity index is 1.50. The smallest absolute Gasteiger partial charge is 0.340 e. The first kappa shape index (κ1) is 20.5.